The minimum Gasteiger partial charge on any atom is -0.490 e. The predicted molar refractivity (Wildman–Crippen MR) is 179 cm³/mol. The van der Waals surface area contributed by atoms with Gasteiger partial charge in [-0.15, -0.1) is 0 Å². The van der Waals surface area contributed by atoms with E-state index in [0.717, 1.165) is 96.6 Å². The van der Waals surface area contributed by atoms with Gasteiger partial charge in [-0.1, -0.05) is 11.6 Å². The number of hydrogen-bond donors (Lipinski definition) is 1. The number of anilines is 1. The van der Waals surface area contributed by atoms with Gasteiger partial charge in [0.15, 0.2) is 0 Å². The van der Waals surface area contributed by atoms with Gasteiger partial charge in [0.2, 0.25) is 0 Å². The molecule has 47 heavy (non-hydrogen) atoms. The van der Waals surface area contributed by atoms with E-state index in [1.807, 2.05) is 25.7 Å². The van der Waals surface area contributed by atoms with Crippen molar-refractivity contribution in [2.24, 2.45) is 11.3 Å². The Morgan fingerprint density at radius 2 is 1.79 bits per heavy atom. The average molecular weight is 664 g/mol. The van der Waals surface area contributed by atoms with Crippen molar-refractivity contribution in [1.82, 2.24) is 25.1 Å². The SMILES string of the molecule is CC(C)(C)OC(=O)N1CC2(CCN(CC3CCN(c4cnc(C(=O)NC5CCC(Oc6ccc(C#N)c(Cl)c6)CC5)cn4)CC3)C2)C1. The van der Waals surface area contributed by atoms with Crippen molar-refractivity contribution >= 4 is 29.4 Å². The minimum absolute atomic E-state index is 0.0434. The highest BCUT2D eigenvalue weighted by Crippen LogP contribution is 2.41. The summed E-state index contributed by atoms with van der Waals surface area (Å²) < 4.78 is 11.6. The highest BCUT2D eigenvalue weighted by Gasteiger charge is 2.50. The summed E-state index contributed by atoms with van der Waals surface area (Å²) in [5, 5.41) is 12.6. The molecule has 4 heterocycles. The second kappa shape index (κ2) is 13.9. The maximum atomic E-state index is 12.9. The molecule has 1 N–H and O–H groups in total. The molecule has 11 nitrogen and oxygen atoms in total. The monoisotopic (exact) mass is 663 g/mol. The fourth-order valence-electron chi connectivity index (χ4n) is 7.41. The van der Waals surface area contributed by atoms with Gasteiger partial charge in [-0.2, -0.15) is 5.26 Å². The summed E-state index contributed by atoms with van der Waals surface area (Å²) >= 11 is 6.13. The van der Waals surface area contributed by atoms with Gasteiger partial charge in [0.25, 0.3) is 5.91 Å². The van der Waals surface area contributed by atoms with Crippen molar-refractivity contribution in [3.63, 3.8) is 0 Å². The zero-order chi connectivity index (χ0) is 33.2. The van der Waals surface area contributed by atoms with Crippen LogP contribution < -0.4 is 15.0 Å². The van der Waals surface area contributed by atoms with E-state index in [1.165, 1.54) is 0 Å². The third-order valence-corrected chi connectivity index (χ3v) is 10.2. The number of likely N-dealkylation sites (tertiary alicyclic amines) is 2. The van der Waals surface area contributed by atoms with Gasteiger partial charge in [0, 0.05) is 56.8 Å². The number of halogens is 1. The van der Waals surface area contributed by atoms with Gasteiger partial charge in [-0.3, -0.25) is 4.79 Å². The molecule has 4 aliphatic rings. The summed E-state index contributed by atoms with van der Waals surface area (Å²) in [4.78, 5) is 41.1. The molecule has 0 radical (unpaired) electrons. The number of nitrogens with zero attached hydrogens (tertiary/aromatic N) is 6. The highest BCUT2D eigenvalue weighted by molar-refractivity contribution is 6.31. The molecule has 0 unspecified atom stereocenters. The normalized spacial score (nSPS) is 23.2. The Morgan fingerprint density at radius 1 is 1.04 bits per heavy atom. The van der Waals surface area contributed by atoms with Gasteiger partial charge in [-0.05, 0) is 90.3 Å². The first-order valence-corrected chi connectivity index (χ1v) is 17.3. The number of hydrogen-bond acceptors (Lipinski definition) is 9. The van der Waals surface area contributed by atoms with Gasteiger partial charge < -0.3 is 29.5 Å². The van der Waals surface area contributed by atoms with Gasteiger partial charge in [0.05, 0.1) is 29.1 Å². The van der Waals surface area contributed by atoms with E-state index in [2.05, 4.69) is 31.2 Å². The van der Waals surface area contributed by atoms with Gasteiger partial charge >= 0.3 is 6.09 Å². The fourth-order valence-corrected chi connectivity index (χ4v) is 7.62. The summed E-state index contributed by atoms with van der Waals surface area (Å²) in [6.45, 7) is 12.4. The largest absolute Gasteiger partial charge is 0.490 e. The Hall–Kier alpha value is -3.62. The molecule has 1 saturated carbocycles. The number of nitriles is 1. The van der Waals surface area contributed by atoms with E-state index < -0.39 is 5.60 Å². The lowest BCUT2D eigenvalue weighted by atomic mass is 9.79. The molecule has 1 aromatic carbocycles. The fraction of sp³-hybridized carbons (Fsp3) is 0.629. The van der Waals surface area contributed by atoms with Crippen molar-refractivity contribution in [3.8, 4) is 11.8 Å². The molecule has 1 aromatic heterocycles. The maximum absolute atomic E-state index is 12.9. The third-order valence-electron chi connectivity index (χ3n) is 9.92. The molecule has 252 valence electrons. The molecule has 3 aliphatic heterocycles. The summed E-state index contributed by atoms with van der Waals surface area (Å²) in [5.41, 5.74) is 0.538. The summed E-state index contributed by atoms with van der Waals surface area (Å²) in [5.74, 6) is 1.92. The maximum Gasteiger partial charge on any atom is 0.410 e. The summed E-state index contributed by atoms with van der Waals surface area (Å²) in [6.07, 6.45) is 9.75. The second-order valence-electron chi connectivity index (χ2n) is 14.8. The molecular weight excluding hydrogens is 618 g/mol. The van der Waals surface area contributed by atoms with Crippen LogP contribution in [0.15, 0.2) is 30.6 Å². The molecule has 12 heteroatoms. The number of benzene rings is 1. The van der Waals surface area contributed by atoms with Crippen molar-refractivity contribution in [2.75, 3.05) is 50.7 Å². The number of carbonyl (C=O) groups excluding carboxylic acids is 2. The van der Waals surface area contributed by atoms with Crippen LogP contribution in [0.25, 0.3) is 0 Å². The third kappa shape index (κ3) is 8.28. The quantitative estimate of drug-likeness (QED) is 0.421. The molecule has 0 bridgehead atoms. The lowest BCUT2D eigenvalue weighted by Crippen LogP contribution is -2.60. The van der Waals surface area contributed by atoms with Gasteiger partial charge in [0.1, 0.15) is 28.9 Å². The number of amides is 2. The first-order valence-electron chi connectivity index (χ1n) is 16.9. The van der Waals surface area contributed by atoms with Crippen LogP contribution in [0.2, 0.25) is 5.02 Å². The summed E-state index contributed by atoms with van der Waals surface area (Å²) in [6, 6.07) is 7.24. The van der Waals surface area contributed by atoms with Crippen molar-refractivity contribution in [2.45, 2.75) is 83.5 Å². The first-order chi connectivity index (χ1) is 22.5. The van der Waals surface area contributed by atoms with Crippen LogP contribution in [0.3, 0.4) is 0 Å². The van der Waals surface area contributed by atoms with Crippen LogP contribution >= 0.6 is 11.6 Å². The lowest BCUT2D eigenvalue weighted by molar-refractivity contribution is -0.0308. The van der Waals surface area contributed by atoms with Crippen molar-refractivity contribution in [1.29, 1.82) is 5.26 Å². The number of ether oxygens (including phenoxy) is 2. The van der Waals surface area contributed by atoms with Crippen molar-refractivity contribution in [3.05, 3.63) is 46.9 Å². The minimum atomic E-state index is -0.456. The predicted octanol–water partition coefficient (Wildman–Crippen LogP) is 5.28. The number of rotatable bonds is 7. The Kier molecular flexibility index (Phi) is 9.81. The molecule has 3 saturated heterocycles. The van der Waals surface area contributed by atoms with Crippen LogP contribution in [0, 0.1) is 22.7 Å². The van der Waals surface area contributed by atoms with Crippen LogP contribution in [0.5, 0.6) is 5.75 Å². The molecule has 2 amide bonds. The van der Waals surface area contributed by atoms with E-state index in [4.69, 9.17) is 26.3 Å². The second-order valence-corrected chi connectivity index (χ2v) is 15.2. The van der Waals surface area contributed by atoms with Crippen molar-refractivity contribution < 1.29 is 19.1 Å². The lowest BCUT2D eigenvalue weighted by Gasteiger charge is -2.48. The molecule has 2 aromatic rings. The molecule has 1 spiro atoms. The summed E-state index contributed by atoms with van der Waals surface area (Å²) in [7, 11) is 0. The Morgan fingerprint density at radius 3 is 2.43 bits per heavy atom. The topological polar surface area (TPSA) is 124 Å². The zero-order valence-corrected chi connectivity index (χ0v) is 28.5. The van der Waals surface area contributed by atoms with E-state index in [0.29, 0.717) is 27.9 Å². The Labute approximate surface area is 282 Å². The standard InChI is InChI=1S/C35H46ClN7O4/c1-34(2,3)47-33(45)43-22-35(23-43)12-15-41(21-35)20-24-10-13-42(14-11-24)31-19-38-30(18-39-31)32(44)40-26-5-8-27(9-6-26)46-28-7-4-25(17-37)29(36)16-28/h4,7,16,18-19,24,26-27H,5-6,8-15,20-23H2,1-3H3,(H,40,44). The molecule has 1 aliphatic carbocycles. The number of aromatic nitrogens is 2. The molecule has 0 atom stereocenters. The van der Waals surface area contributed by atoms with Gasteiger partial charge in [-0.25, -0.2) is 14.8 Å². The average Bonchev–Trinajstić information content (AvgIpc) is 3.45. The Bertz CT molecular complexity index is 1470. The van der Waals surface area contributed by atoms with Crippen LogP contribution in [-0.4, -0.2) is 95.3 Å². The van der Waals surface area contributed by atoms with Crippen LogP contribution in [0.4, 0.5) is 10.6 Å². The van der Waals surface area contributed by atoms with Crippen LogP contribution in [-0.2, 0) is 4.74 Å². The molecule has 6 rings (SSSR count). The van der Waals surface area contributed by atoms with Crippen LogP contribution in [0.1, 0.15) is 81.8 Å². The van der Waals surface area contributed by atoms with E-state index in [1.54, 1.807) is 30.6 Å². The molecular formula is C35H46ClN7O4. The zero-order valence-electron chi connectivity index (χ0n) is 27.7. The van der Waals surface area contributed by atoms with E-state index in [9.17, 15) is 9.59 Å². The number of nitrogens with one attached hydrogen (secondary N) is 1. The highest BCUT2D eigenvalue weighted by atomic mass is 35.5. The number of piperidine rings is 1. The van der Waals surface area contributed by atoms with E-state index >= 15 is 0 Å². The first kappa shape index (κ1) is 33.3. The number of carbonyl (C=O) groups is 2. The smallest absolute Gasteiger partial charge is 0.410 e. The van der Waals surface area contributed by atoms with E-state index in [-0.39, 0.29) is 29.6 Å². The Balaban J connectivity index is 0.889. The molecule has 4 fully saturated rings.